The molecule has 0 aliphatic heterocycles. The van der Waals surface area contributed by atoms with Crippen molar-refractivity contribution in [3.8, 4) is 0 Å². The molecule has 0 unspecified atom stereocenters. The standard InChI is InChI=1S/C11H14F3N3O/c12-11(13,14)9-5-4-8(7-16-9)17-10(18)3-1-2-6-15/h4-5,7H,1-3,6,15H2,(H,17,18). The fraction of sp³-hybridized carbons (Fsp3) is 0.455. The number of unbranched alkanes of at least 4 members (excludes halogenated alkanes) is 1. The maximum atomic E-state index is 12.2. The van der Waals surface area contributed by atoms with Gasteiger partial charge in [-0.1, -0.05) is 0 Å². The van der Waals surface area contributed by atoms with Gasteiger partial charge in [-0.15, -0.1) is 0 Å². The fourth-order valence-electron chi connectivity index (χ4n) is 1.29. The molecule has 1 heterocycles. The topological polar surface area (TPSA) is 68.0 Å². The normalized spacial score (nSPS) is 11.3. The Bertz CT molecular complexity index is 390. The number of aromatic nitrogens is 1. The molecule has 18 heavy (non-hydrogen) atoms. The average Bonchev–Trinajstić information content (AvgIpc) is 2.29. The van der Waals surface area contributed by atoms with Crippen LogP contribution in [-0.4, -0.2) is 17.4 Å². The van der Waals surface area contributed by atoms with Crippen molar-refractivity contribution >= 4 is 11.6 Å². The molecule has 0 aromatic carbocycles. The third kappa shape index (κ3) is 4.70. The Hall–Kier alpha value is -1.63. The van der Waals surface area contributed by atoms with Crippen molar-refractivity contribution in [1.82, 2.24) is 4.98 Å². The molecular weight excluding hydrogens is 247 g/mol. The van der Waals surface area contributed by atoms with Gasteiger partial charge in [-0.25, -0.2) is 4.98 Å². The van der Waals surface area contributed by atoms with Crippen LogP contribution in [0.25, 0.3) is 0 Å². The van der Waals surface area contributed by atoms with E-state index in [1.807, 2.05) is 0 Å². The summed E-state index contributed by atoms with van der Waals surface area (Å²) in [7, 11) is 0. The first-order chi connectivity index (χ1) is 8.43. The molecule has 0 aliphatic rings. The van der Waals surface area contributed by atoms with Gasteiger partial charge in [0.25, 0.3) is 0 Å². The van der Waals surface area contributed by atoms with Crippen molar-refractivity contribution in [2.45, 2.75) is 25.4 Å². The lowest BCUT2D eigenvalue weighted by atomic mass is 10.2. The van der Waals surface area contributed by atoms with Gasteiger partial charge in [0.15, 0.2) is 0 Å². The number of hydrogen-bond acceptors (Lipinski definition) is 3. The molecule has 4 nitrogen and oxygen atoms in total. The minimum absolute atomic E-state index is 0.251. The van der Waals surface area contributed by atoms with Crippen LogP contribution >= 0.6 is 0 Å². The Kier molecular flexibility index (Phi) is 5.08. The van der Waals surface area contributed by atoms with Gasteiger partial charge in [-0.05, 0) is 31.5 Å². The van der Waals surface area contributed by atoms with E-state index in [1.54, 1.807) is 0 Å². The van der Waals surface area contributed by atoms with Crippen LogP contribution in [0.5, 0.6) is 0 Å². The summed E-state index contributed by atoms with van der Waals surface area (Å²) in [5.74, 6) is -0.259. The highest BCUT2D eigenvalue weighted by molar-refractivity contribution is 5.90. The van der Waals surface area contributed by atoms with Crippen LogP contribution in [-0.2, 0) is 11.0 Å². The van der Waals surface area contributed by atoms with Crippen LogP contribution in [0.4, 0.5) is 18.9 Å². The third-order valence-corrected chi connectivity index (χ3v) is 2.20. The summed E-state index contributed by atoms with van der Waals surface area (Å²) in [6.45, 7) is 0.509. The Balaban J connectivity index is 2.51. The number of nitrogens with two attached hydrogens (primary N) is 1. The van der Waals surface area contributed by atoms with E-state index in [4.69, 9.17) is 5.73 Å². The highest BCUT2D eigenvalue weighted by Crippen LogP contribution is 2.27. The van der Waals surface area contributed by atoms with Crippen molar-refractivity contribution in [3.63, 3.8) is 0 Å². The van der Waals surface area contributed by atoms with Crippen LogP contribution in [0.15, 0.2) is 18.3 Å². The Morgan fingerprint density at radius 2 is 2.06 bits per heavy atom. The molecule has 0 spiro atoms. The first kappa shape index (κ1) is 14.4. The van der Waals surface area contributed by atoms with Gasteiger partial charge < -0.3 is 11.1 Å². The molecule has 0 radical (unpaired) electrons. The number of rotatable bonds is 5. The Morgan fingerprint density at radius 1 is 1.33 bits per heavy atom. The molecule has 7 heteroatoms. The zero-order chi connectivity index (χ0) is 13.6. The van der Waals surface area contributed by atoms with Crippen molar-refractivity contribution in [3.05, 3.63) is 24.0 Å². The van der Waals surface area contributed by atoms with Gasteiger partial charge >= 0.3 is 6.18 Å². The zero-order valence-electron chi connectivity index (χ0n) is 9.63. The fourth-order valence-corrected chi connectivity index (χ4v) is 1.29. The summed E-state index contributed by atoms with van der Waals surface area (Å²) in [6, 6.07) is 2.01. The molecule has 0 saturated heterocycles. The number of nitrogens with one attached hydrogen (secondary N) is 1. The lowest BCUT2D eigenvalue weighted by molar-refractivity contribution is -0.141. The molecule has 0 aliphatic carbocycles. The number of amides is 1. The highest BCUT2D eigenvalue weighted by atomic mass is 19.4. The molecule has 100 valence electrons. The second-order valence-corrected chi connectivity index (χ2v) is 3.72. The predicted molar refractivity (Wildman–Crippen MR) is 60.8 cm³/mol. The van der Waals surface area contributed by atoms with Gasteiger partial charge in [0.05, 0.1) is 11.9 Å². The van der Waals surface area contributed by atoms with E-state index in [9.17, 15) is 18.0 Å². The summed E-state index contributed by atoms with van der Waals surface area (Å²) < 4.78 is 36.7. The average molecular weight is 261 g/mol. The minimum Gasteiger partial charge on any atom is -0.330 e. The molecule has 3 N–H and O–H groups in total. The quantitative estimate of drug-likeness (QED) is 0.798. The number of halogens is 3. The Labute approximate surface area is 102 Å². The number of anilines is 1. The third-order valence-electron chi connectivity index (χ3n) is 2.20. The van der Waals surface area contributed by atoms with Gasteiger partial charge in [-0.2, -0.15) is 13.2 Å². The van der Waals surface area contributed by atoms with E-state index in [2.05, 4.69) is 10.3 Å². The van der Waals surface area contributed by atoms with Crippen LogP contribution < -0.4 is 11.1 Å². The first-order valence-corrected chi connectivity index (χ1v) is 5.46. The van der Waals surface area contributed by atoms with Crippen molar-refractivity contribution in [1.29, 1.82) is 0 Å². The number of pyridine rings is 1. The summed E-state index contributed by atoms with van der Waals surface area (Å²) in [5.41, 5.74) is 4.54. The van der Waals surface area contributed by atoms with E-state index in [-0.39, 0.29) is 18.0 Å². The minimum atomic E-state index is -4.47. The lowest BCUT2D eigenvalue weighted by Crippen LogP contribution is -2.13. The van der Waals surface area contributed by atoms with Gasteiger partial charge in [0, 0.05) is 6.42 Å². The monoisotopic (exact) mass is 261 g/mol. The molecule has 0 saturated carbocycles. The van der Waals surface area contributed by atoms with Crippen molar-refractivity contribution < 1.29 is 18.0 Å². The zero-order valence-corrected chi connectivity index (χ0v) is 9.63. The lowest BCUT2D eigenvalue weighted by Gasteiger charge is -2.07. The van der Waals surface area contributed by atoms with Crippen LogP contribution in [0.1, 0.15) is 25.0 Å². The van der Waals surface area contributed by atoms with Gasteiger partial charge in [0.1, 0.15) is 5.69 Å². The van der Waals surface area contributed by atoms with Crippen LogP contribution in [0, 0.1) is 0 Å². The summed E-state index contributed by atoms with van der Waals surface area (Å²) in [5, 5.41) is 2.47. The number of alkyl halides is 3. The Morgan fingerprint density at radius 3 is 2.56 bits per heavy atom. The number of nitrogens with zero attached hydrogens (tertiary/aromatic N) is 1. The summed E-state index contributed by atoms with van der Waals surface area (Å²) >= 11 is 0. The highest BCUT2D eigenvalue weighted by Gasteiger charge is 2.32. The molecule has 1 aromatic rings. The number of hydrogen-bond donors (Lipinski definition) is 2. The van der Waals surface area contributed by atoms with Gasteiger partial charge in [-0.3, -0.25) is 4.79 Å². The van der Waals surface area contributed by atoms with Crippen molar-refractivity contribution in [2.24, 2.45) is 5.73 Å². The predicted octanol–water partition coefficient (Wildman–Crippen LogP) is 2.17. The van der Waals surface area contributed by atoms with E-state index in [0.717, 1.165) is 18.7 Å². The smallest absolute Gasteiger partial charge is 0.330 e. The molecule has 1 rings (SSSR count). The molecular formula is C11H14F3N3O. The molecule has 1 aromatic heterocycles. The summed E-state index contributed by atoms with van der Waals surface area (Å²) in [6.07, 6.45) is -1.80. The maximum Gasteiger partial charge on any atom is 0.433 e. The number of carbonyl (C=O) groups excluding carboxylic acids is 1. The molecule has 0 fully saturated rings. The SMILES string of the molecule is NCCCCC(=O)Nc1ccc(C(F)(F)F)nc1. The first-order valence-electron chi connectivity index (χ1n) is 5.46. The van der Waals surface area contributed by atoms with E-state index in [1.165, 1.54) is 6.07 Å². The van der Waals surface area contributed by atoms with Crippen LogP contribution in [0.3, 0.4) is 0 Å². The summed E-state index contributed by atoms with van der Waals surface area (Å²) in [4.78, 5) is 14.6. The van der Waals surface area contributed by atoms with E-state index >= 15 is 0 Å². The number of carbonyl (C=O) groups is 1. The molecule has 0 atom stereocenters. The molecule has 1 amide bonds. The second kappa shape index (κ2) is 6.34. The van der Waals surface area contributed by atoms with Crippen molar-refractivity contribution in [2.75, 3.05) is 11.9 Å². The largest absolute Gasteiger partial charge is 0.433 e. The van der Waals surface area contributed by atoms with E-state index < -0.39 is 11.9 Å². The molecule has 0 bridgehead atoms. The van der Waals surface area contributed by atoms with E-state index in [0.29, 0.717) is 13.0 Å². The van der Waals surface area contributed by atoms with Gasteiger partial charge in [0.2, 0.25) is 5.91 Å². The maximum absolute atomic E-state index is 12.2. The van der Waals surface area contributed by atoms with Crippen LogP contribution in [0.2, 0.25) is 0 Å². The second-order valence-electron chi connectivity index (χ2n) is 3.72.